The highest BCUT2D eigenvalue weighted by atomic mass is 32.2. The Labute approximate surface area is 198 Å². The molecule has 0 atom stereocenters. The standard InChI is InChI=1S/C24H18N4O3S2/c29-21(30-14-18-15-31-23(25-18)20-12-7-13-32-20)16-33-24-27-26-22(17-8-3-1-4-9-17)28(24)19-10-5-2-6-11-19/h1-13,15H,14,16H2. The molecule has 0 bridgehead atoms. The van der Waals surface area contributed by atoms with Gasteiger partial charge in [0.2, 0.25) is 5.89 Å². The Morgan fingerprint density at radius 3 is 2.55 bits per heavy atom. The minimum absolute atomic E-state index is 0.0505. The van der Waals surface area contributed by atoms with Crippen molar-refractivity contribution in [3.8, 4) is 27.8 Å². The lowest BCUT2D eigenvalue weighted by Gasteiger charge is -2.10. The van der Waals surface area contributed by atoms with E-state index in [0.717, 1.165) is 16.1 Å². The van der Waals surface area contributed by atoms with Crippen LogP contribution in [0.25, 0.3) is 27.8 Å². The zero-order valence-electron chi connectivity index (χ0n) is 17.3. The molecule has 7 nitrogen and oxygen atoms in total. The average Bonchev–Trinajstić information content (AvgIpc) is 3.63. The summed E-state index contributed by atoms with van der Waals surface area (Å²) in [6, 6.07) is 23.5. The van der Waals surface area contributed by atoms with Crippen molar-refractivity contribution >= 4 is 29.1 Å². The third-order valence-electron chi connectivity index (χ3n) is 4.66. The highest BCUT2D eigenvalue weighted by Crippen LogP contribution is 2.28. The number of thiophene rings is 1. The Morgan fingerprint density at radius 2 is 1.79 bits per heavy atom. The number of carbonyl (C=O) groups is 1. The number of para-hydroxylation sites is 1. The van der Waals surface area contributed by atoms with Gasteiger partial charge in [0.05, 0.1) is 10.6 Å². The van der Waals surface area contributed by atoms with Crippen molar-refractivity contribution < 1.29 is 13.9 Å². The van der Waals surface area contributed by atoms with Gasteiger partial charge in [0.1, 0.15) is 18.6 Å². The van der Waals surface area contributed by atoms with E-state index in [1.165, 1.54) is 29.4 Å². The van der Waals surface area contributed by atoms with Crippen molar-refractivity contribution in [2.45, 2.75) is 11.8 Å². The number of ether oxygens (including phenoxy) is 1. The van der Waals surface area contributed by atoms with Gasteiger partial charge in [-0.15, -0.1) is 21.5 Å². The molecule has 164 valence electrons. The highest BCUT2D eigenvalue weighted by molar-refractivity contribution is 7.99. The summed E-state index contributed by atoms with van der Waals surface area (Å²) in [5.41, 5.74) is 2.42. The van der Waals surface area contributed by atoms with Crippen molar-refractivity contribution in [1.29, 1.82) is 0 Å². The van der Waals surface area contributed by atoms with Gasteiger partial charge in [-0.05, 0) is 23.6 Å². The maximum absolute atomic E-state index is 12.4. The number of hydrogen-bond donors (Lipinski definition) is 0. The van der Waals surface area contributed by atoms with Crippen LogP contribution in [0.4, 0.5) is 0 Å². The molecular weight excluding hydrogens is 456 g/mol. The number of aromatic nitrogens is 4. The van der Waals surface area contributed by atoms with Crippen LogP contribution in [0, 0.1) is 0 Å². The molecule has 33 heavy (non-hydrogen) atoms. The summed E-state index contributed by atoms with van der Waals surface area (Å²) in [5.74, 6) is 0.954. The van der Waals surface area contributed by atoms with Crippen molar-refractivity contribution in [3.05, 3.63) is 90.1 Å². The van der Waals surface area contributed by atoms with E-state index >= 15 is 0 Å². The Morgan fingerprint density at radius 1 is 1.00 bits per heavy atom. The number of benzene rings is 2. The Hall–Kier alpha value is -3.69. The molecule has 3 aromatic heterocycles. The van der Waals surface area contributed by atoms with Crippen LogP contribution < -0.4 is 0 Å². The smallest absolute Gasteiger partial charge is 0.316 e. The summed E-state index contributed by atoms with van der Waals surface area (Å²) in [4.78, 5) is 17.7. The average molecular weight is 475 g/mol. The molecule has 0 amide bonds. The van der Waals surface area contributed by atoms with Gasteiger partial charge in [-0.25, -0.2) is 4.98 Å². The third-order valence-corrected chi connectivity index (χ3v) is 6.42. The molecule has 0 fully saturated rings. The molecule has 5 aromatic rings. The molecule has 2 aromatic carbocycles. The summed E-state index contributed by atoms with van der Waals surface area (Å²) < 4.78 is 12.8. The van der Waals surface area contributed by atoms with E-state index in [1.807, 2.05) is 82.7 Å². The van der Waals surface area contributed by atoms with Gasteiger partial charge in [-0.2, -0.15) is 0 Å². The molecule has 0 spiro atoms. The number of hydrogen-bond acceptors (Lipinski definition) is 8. The number of nitrogens with zero attached hydrogens (tertiary/aromatic N) is 4. The third kappa shape index (κ3) is 4.89. The van der Waals surface area contributed by atoms with Gasteiger partial charge in [-0.1, -0.05) is 66.4 Å². The maximum Gasteiger partial charge on any atom is 0.316 e. The zero-order chi connectivity index (χ0) is 22.5. The largest absolute Gasteiger partial charge is 0.458 e. The fourth-order valence-corrected chi connectivity index (χ4v) is 4.56. The van der Waals surface area contributed by atoms with Crippen LogP contribution in [-0.2, 0) is 16.1 Å². The normalized spacial score (nSPS) is 10.9. The summed E-state index contributed by atoms with van der Waals surface area (Å²) in [5, 5.41) is 11.3. The van der Waals surface area contributed by atoms with E-state index in [0.29, 0.717) is 22.6 Å². The first kappa shape index (κ1) is 21.2. The van der Waals surface area contributed by atoms with Crippen LogP contribution in [0.3, 0.4) is 0 Å². The lowest BCUT2D eigenvalue weighted by molar-refractivity contribution is -0.141. The van der Waals surface area contributed by atoms with E-state index in [4.69, 9.17) is 9.15 Å². The SMILES string of the molecule is O=C(CSc1nnc(-c2ccccc2)n1-c1ccccc1)OCc1coc(-c2cccs2)n1. The topological polar surface area (TPSA) is 83.0 Å². The number of thioether (sulfide) groups is 1. The molecule has 9 heteroatoms. The molecule has 5 rings (SSSR count). The van der Waals surface area contributed by atoms with E-state index in [1.54, 1.807) is 0 Å². The van der Waals surface area contributed by atoms with E-state index < -0.39 is 0 Å². The second kappa shape index (κ2) is 9.85. The highest BCUT2D eigenvalue weighted by Gasteiger charge is 2.18. The number of oxazole rings is 1. The number of rotatable bonds is 8. The summed E-state index contributed by atoms with van der Waals surface area (Å²) in [6.07, 6.45) is 1.51. The Balaban J connectivity index is 1.27. The van der Waals surface area contributed by atoms with Gasteiger partial charge in [0.25, 0.3) is 0 Å². The molecule has 3 heterocycles. The molecular formula is C24H18N4O3S2. The molecule has 0 saturated heterocycles. The van der Waals surface area contributed by atoms with Crippen LogP contribution in [0.5, 0.6) is 0 Å². The molecule has 0 unspecified atom stereocenters. The van der Waals surface area contributed by atoms with Crippen LogP contribution in [-0.4, -0.2) is 31.5 Å². The van der Waals surface area contributed by atoms with Crippen LogP contribution in [0.2, 0.25) is 0 Å². The molecule has 0 aliphatic rings. The van der Waals surface area contributed by atoms with Crippen LogP contribution >= 0.6 is 23.1 Å². The first-order chi connectivity index (χ1) is 16.3. The lowest BCUT2D eigenvalue weighted by atomic mass is 10.2. The maximum atomic E-state index is 12.4. The van der Waals surface area contributed by atoms with Crippen LogP contribution in [0.1, 0.15) is 5.69 Å². The molecule has 0 radical (unpaired) electrons. The fraction of sp³-hybridized carbons (Fsp3) is 0.0833. The molecule has 0 N–H and O–H groups in total. The fourth-order valence-electron chi connectivity index (χ4n) is 3.15. The minimum Gasteiger partial charge on any atom is -0.458 e. The summed E-state index contributed by atoms with van der Waals surface area (Å²) in [7, 11) is 0. The van der Waals surface area contributed by atoms with E-state index in [2.05, 4.69) is 15.2 Å². The van der Waals surface area contributed by atoms with Gasteiger partial charge >= 0.3 is 5.97 Å². The lowest BCUT2D eigenvalue weighted by Crippen LogP contribution is -2.08. The molecule has 0 aliphatic carbocycles. The van der Waals surface area contributed by atoms with E-state index in [9.17, 15) is 4.79 Å². The number of carbonyl (C=O) groups excluding carboxylic acids is 1. The van der Waals surface area contributed by atoms with Gasteiger partial charge < -0.3 is 9.15 Å². The van der Waals surface area contributed by atoms with Crippen LogP contribution in [0.15, 0.2) is 94.0 Å². The Bertz CT molecular complexity index is 1330. The predicted molar refractivity (Wildman–Crippen MR) is 127 cm³/mol. The Kier molecular flexibility index (Phi) is 6.32. The first-order valence-electron chi connectivity index (χ1n) is 10.1. The minimum atomic E-state index is -0.371. The number of esters is 1. The van der Waals surface area contributed by atoms with Crippen molar-refractivity contribution in [3.63, 3.8) is 0 Å². The van der Waals surface area contributed by atoms with Crippen molar-refractivity contribution in [2.24, 2.45) is 0 Å². The summed E-state index contributed by atoms with van der Waals surface area (Å²) in [6.45, 7) is 0.0505. The first-order valence-corrected chi connectivity index (χ1v) is 12.0. The summed E-state index contributed by atoms with van der Waals surface area (Å²) >= 11 is 2.81. The second-order valence-corrected chi connectivity index (χ2v) is 8.80. The molecule has 0 saturated carbocycles. The van der Waals surface area contributed by atoms with Gasteiger partial charge in [0.15, 0.2) is 11.0 Å². The van der Waals surface area contributed by atoms with E-state index in [-0.39, 0.29) is 18.3 Å². The monoisotopic (exact) mass is 474 g/mol. The predicted octanol–water partition coefficient (Wildman–Crippen LogP) is 5.49. The quantitative estimate of drug-likeness (QED) is 0.217. The molecule has 0 aliphatic heterocycles. The van der Waals surface area contributed by atoms with Crippen molar-refractivity contribution in [1.82, 2.24) is 19.7 Å². The van der Waals surface area contributed by atoms with Crippen molar-refractivity contribution in [2.75, 3.05) is 5.75 Å². The second-order valence-electron chi connectivity index (χ2n) is 6.91. The van der Waals surface area contributed by atoms with Gasteiger partial charge in [-0.3, -0.25) is 9.36 Å². The zero-order valence-corrected chi connectivity index (χ0v) is 19.0. The van der Waals surface area contributed by atoms with Gasteiger partial charge in [0, 0.05) is 11.3 Å².